The van der Waals surface area contributed by atoms with Crippen LogP contribution < -0.4 is 5.32 Å². The van der Waals surface area contributed by atoms with E-state index in [1.54, 1.807) is 23.5 Å². The van der Waals surface area contributed by atoms with Crippen LogP contribution in [0.15, 0.2) is 58.4 Å². The molecule has 0 spiro atoms. The van der Waals surface area contributed by atoms with E-state index in [0.29, 0.717) is 23.0 Å². The first-order chi connectivity index (χ1) is 11.2. The highest BCUT2D eigenvalue weighted by Gasteiger charge is 2.08. The number of benzene rings is 1. The van der Waals surface area contributed by atoms with Crippen LogP contribution in [-0.4, -0.2) is 11.1 Å². The fourth-order valence-electron chi connectivity index (χ4n) is 1.94. The van der Waals surface area contributed by atoms with Gasteiger partial charge >= 0.3 is 0 Å². The molecule has 3 aromatic rings. The van der Waals surface area contributed by atoms with Crippen molar-refractivity contribution in [3.63, 3.8) is 0 Å². The number of carbonyl (C=O) groups is 1. The van der Waals surface area contributed by atoms with E-state index in [-0.39, 0.29) is 5.91 Å². The lowest BCUT2D eigenvalue weighted by Gasteiger charge is -1.99. The molecule has 4 nitrogen and oxygen atoms in total. The van der Waals surface area contributed by atoms with Gasteiger partial charge in [0.05, 0.1) is 11.4 Å². The third-order valence-electron chi connectivity index (χ3n) is 3.09. The summed E-state index contributed by atoms with van der Waals surface area (Å²) in [7, 11) is 0. The van der Waals surface area contributed by atoms with Gasteiger partial charge in [0.1, 0.15) is 5.69 Å². The Balaban J connectivity index is 1.56. The first kappa shape index (κ1) is 15.5. The lowest BCUT2D eigenvalue weighted by atomic mass is 10.2. The van der Waals surface area contributed by atoms with Gasteiger partial charge in [-0.15, -0.1) is 11.3 Å². The largest absolute Gasteiger partial charge is 0.355 e. The zero-order valence-corrected chi connectivity index (χ0v) is 13.6. The molecule has 0 aliphatic heterocycles. The summed E-state index contributed by atoms with van der Waals surface area (Å²) in [5, 5.41) is 9.28. The first-order valence-electron chi connectivity index (χ1n) is 6.92. The van der Waals surface area contributed by atoms with Gasteiger partial charge in [0, 0.05) is 17.2 Å². The standard InChI is InChI=1S/C17H13ClN2O2S/c18-14-5-2-1-4-12(14)7-8-17(21)19-11-13-10-15(22-20-13)16-6-3-9-23-16/h1-10H,11H2,(H,19,21)/b8-7+. The van der Waals surface area contributed by atoms with E-state index in [4.69, 9.17) is 16.1 Å². The van der Waals surface area contributed by atoms with Crippen molar-refractivity contribution < 1.29 is 9.32 Å². The third kappa shape index (κ3) is 4.09. The molecule has 6 heteroatoms. The first-order valence-corrected chi connectivity index (χ1v) is 8.18. The highest BCUT2D eigenvalue weighted by molar-refractivity contribution is 7.13. The average molecular weight is 345 g/mol. The molecule has 1 amide bonds. The Morgan fingerprint density at radius 2 is 2.17 bits per heavy atom. The van der Waals surface area contributed by atoms with E-state index in [9.17, 15) is 4.79 Å². The van der Waals surface area contributed by atoms with Crippen LogP contribution in [0.3, 0.4) is 0 Å². The van der Waals surface area contributed by atoms with Gasteiger partial charge in [0.25, 0.3) is 0 Å². The van der Waals surface area contributed by atoms with E-state index in [2.05, 4.69) is 10.5 Å². The van der Waals surface area contributed by atoms with Crippen molar-refractivity contribution in [1.29, 1.82) is 0 Å². The Kier molecular flexibility index (Phi) is 4.90. The summed E-state index contributed by atoms with van der Waals surface area (Å²) in [5.41, 5.74) is 1.47. The van der Waals surface area contributed by atoms with Crippen molar-refractivity contribution in [2.75, 3.05) is 0 Å². The quantitative estimate of drug-likeness (QED) is 0.698. The van der Waals surface area contributed by atoms with Gasteiger partial charge in [-0.3, -0.25) is 4.79 Å². The van der Waals surface area contributed by atoms with E-state index >= 15 is 0 Å². The van der Waals surface area contributed by atoms with Crippen LogP contribution in [-0.2, 0) is 11.3 Å². The molecular formula is C17H13ClN2O2S. The Morgan fingerprint density at radius 3 is 2.96 bits per heavy atom. The van der Waals surface area contributed by atoms with E-state index < -0.39 is 0 Å². The maximum Gasteiger partial charge on any atom is 0.244 e. The van der Waals surface area contributed by atoms with Crippen molar-refractivity contribution in [3.05, 3.63) is 70.2 Å². The van der Waals surface area contributed by atoms with Gasteiger partial charge in [0.15, 0.2) is 5.76 Å². The zero-order chi connectivity index (χ0) is 16.1. The molecule has 0 saturated carbocycles. The SMILES string of the molecule is O=C(/C=C/c1ccccc1Cl)NCc1cc(-c2cccs2)on1. The third-order valence-corrected chi connectivity index (χ3v) is 4.31. The van der Waals surface area contributed by atoms with Crippen LogP contribution in [0.2, 0.25) is 5.02 Å². The minimum absolute atomic E-state index is 0.217. The fourth-order valence-corrected chi connectivity index (χ4v) is 2.81. The predicted octanol–water partition coefficient (Wildman–Crippen LogP) is 4.39. The second-order valence-electron chi connectivity index (χ2n) is 4.73. The lowest BCUT2D eigenvalue weighted by molar-refractivity contribution is -0.116. The molecule has 0 radical (unpaired) electrons. The molecule has 0 aliphatic rings. The van der Waals surface area contributed by atoms with Gasteiger partial charge in [-0.25, -0.2) is 0 Å². The van der Waals surface area contributed by atoms with E-state index in [1.165, 1.54) is 6.08 Å². The summed E-state index contributed by atoms with van der Waals surface area (Å²) in [5.74, 6) is 0.487. The molecule has 0 unspecified atom stereocenters. The molecule has 2 heterocycles. The Morgan fingerprint density at radius 1 is 1.30 bits per heavy atom. The normalized spacial score (nSPS) is 11.0. The fraction of sp³-hybridized carbons (Fsp3) is 0.0588. The molecule has 1 N–H and O–H groups in total. The van der Waals surface area contributed by atoms with Gasteiger partial charge in [0.2, 0.25) is 5.91 Å². The maximum absolute atomic E-state index is 11.8. The average Bonchev–Trinajstić information content (AvgIpc) is 3.23. The number of nitrogens with one attached hydrogen (secondary N) is 1. The number of hydrogen-bond donors (Lipinski definition) is 1. The summed E-state index contributed by atoms with van der Waals surface area (Å²) in [6.45, 7) is 0.306. The Labute approximate surface area is 142 Å². The Bertz CT molecular complexity index is 825. The molecule has 116 valence electrons. The summed E-state index contributed by atoms with van der Waals surface area (Å²) in [6, 6.07) is 13.1. The predicted molar refractivity (Wildman–Crippen MR) is 92.1 cm³/mol. The molecule has 2 aromatic heterocycles. The van der Waals surface area contributed by atoms with Crippen LogP contribution in [0.25, 0.3) is 16.7 Å². The summed E-state index contributed by atoms with van der Waals surface area (Å²) in [6.07, 6.45) is 3.12. The van der Waals surface area contributed by atoms with Crippen LogP contribution in [0, 0.1) is 0 Å². The number of aromatic nitrogens is 1. The number of nitrogens with zero attached hydrogens (tertiary/aromatic N) is 1. The van der Waals surface area contributed by atoms with Gasteiger partial charge in [-0.1, -0.05) is 41.0 Å². The minimum Gasteiger partial charge on any atom is -0.355 e. The van der Waals surface area contributed by atoms with Crippen molar-refractivity contribution >= 4 is 34.9 Å². The van der Waals surface area contributed by atoms with E-state index in [1.807, 2.05) is 41.8 Å². The number of thiophene rings is 1. The van der Waals surface area contributed by atoms with Crippen LogP contribution in [0.4, 0.5) is 0 Å². The number of hydrogen-bond acceptors (Lipinski definition) is 4. The molecule has 0 saturated heterocycles. The zero-order valence-electron chi connectivity index (χ0n) is 12.0. The minimum atomic E-state index is -0.217. The molecule has 0 bridgehead atoms. The molecular weight excluding hydrogens is 332 g/mol. The molecule has 0 fully saturated rings. The van der Waals surface area contributed by atoms with Crippen LogP contribution in [0.5, 0.6) is 0 Å². The second-order valence-corrected chi connectivity index (χ2v) is 6.09. The molecule has 3 rings (SSSR count). The number of rotatable bonds is 5. The Hall–Kier alpha value is -2.37. The maximum atomic E-state index is 11.8. The number of carbonyl (C=O) groups excluding carboxylic acids is 1. The molecule has 23 heavy (non-hydrogen) atoms. The molecule has 0 aliphatic carbocycles. The summed E-state index contributed by atoms with van der Waals surface area (Å²) in [4.78, 5) is 12.8. The summed E-state index contributed by atoms with van der Waals surface area (Å²) >= 11 is 7.60. The number of halogens is 1. The topological polar surface area (TPSA) is 55.1 Å². The smallest absolute Gasteiger partial charge is 0.244 e. The van der Waals surface area contributed by atoms with Crippen molar-refractivity contribution in [2.24, 2.45) is 0 Å². The number of amides is 1. The van der Waals surface area contributed by atoms with E-state index in [0.717, 1.165) is 10.4 Å². The van der Waals surface area contributed by atoms with Gasteiger partial charge < -0.3 is 9.84 Å². The van der Waals surface area contributed by atoms with Gasteiger partial charge in [-0.2, -0.15) is 0 Å². The van der Waals surface area contributed by atoms with Gasteiger partial charge in [-0.05, 0) is 29.2 Å². The van der Waals surface area contributed by atoms with Crippen molar-refractivity contribution in [2.45, 2.75) is 6.54 Å². The van der Waals surface area contributed by atoms with Crippen molar-refractivity contribution in [3.8, 4) is 10.6 Å². The molecule has 1 aromatic carbocycles. The van der Waals surface area contributed by atoms with Crippen LogP contribution in [0.1, 0.15) is 11.3 Å². The van der Waals surface area contributed by atoms with Crippen LogP contribution >= 0.6 is 22.9 Å². The monoisotopic (exact) mass is 344 g/mol. The second kappa shape index (κ2) is 7.26. The lowest BCUT2D eigenvalue weighted by Crippen LogP contribution is -2.20. The van der Waals surface area contributed by atoms with Crippen molar-refractivity contribution in [1.82, 2.24) is 10.5 Å². The molecule has 0 atom stereocenters. The highest BCUT2D eigenvalue weighted by Crippen LogP contribution is 2.25. The highest BCUT2D eigenvalue weighted by atomic mass is 35.5. The summed E-state index contributed by atoms with van der Waals surface area (Å²) < 4.78 is 5.26.